The molecule has 0 unspecified atom stereocenters. The number of hydrogen-bond acceptors (Lipinski definition) is 0. The summed E-state index contributed by atoms with van der Waals surface area (Å²) >= 11 is 0. The molecule has 2 aliphatic carbocycles. The topological polar surface area (TPSA) is 0 Å². The van der Waals surface area contributed by atoms with Crippen LogP contribution in [-0.2, 0) is 0 Å². The zero-order valence-electron chi connectivity index (χ0n) is 7.90. The molecule has 2 aliphatic rings. The third kappa shape index (κ3) is 3.00. The highest BCUT2D eigenvalue weighted by Crippen LogP contribution is 2.55. The Hall–Kier alpha value is 0. The van der Waals surface area contributed by atoms with Crippen molar-refractivity contribution in [2.45, 2.75) is 74.7 Å². The lowest BCUT2D eigenvalue weighted by molar-refractivity contribution is 0.0112. The Morgan fingerprint density at radius 3 is 1.57 bits per heavy atom. The third-order valence-corrected chi connectivity index (χ3v) is 3.90. The largest absolute Gasteiger partial charge is 0.0776 e. The summed E-state index contributed by atoms with van der Waals surface area (Å²) in [6.07, 6.45) is 9.18. The first-order chi connectivity index (χ1) is 5.20. The van der Waals surface area contributed by atoms with Crippen LogP contribution in [0.2, 0.25) is 0 Å². The zero-order chi connectivity index (χ0) is 7.90. The van der Waals surface area contributed by atoms with E-state index in [-0.39, 0.29) is 22.3 Å². The van der Waals surface area contributed by atoms with Crippen molar-refractivity contribution in [1.29, 1.82) is 0 Å². The minimum atomic E-state index is 0. The van der Waals surface area contributed by atoms with Gasteiger partial charge in [0.15, 0.2) is 0 Å². The zero-order valence-corrected chi connectivity index (χ0v) is 7.90. The van der Waals surface area contributed by atoms with Crippen molar-refractivity contribution < 1.29 is 0 Å². The normalized spacial score (nSPS) is 39.9. The molecule has 14 heavy (non-hydrogen) atoms. The molecule has 0 N–H and O–H groups in total. The van der Waals surface area contributed by atoms with Crippen LogP contribution in [0.5, 0.6) is 0 Å². The van der Waals surface area contributed by atoms with Gasteiger partial charge in [-0.15, -0.1) is 0 Å². The standard InChI is InChI=1S/C11H20.3CH4/c1-9-3-5-11(6-4-9)7-10(2)8-11;;;/h9-10H,3-8H2,1-2H3;3*1H4. The molecule has 0 aliphatic heterocycles. The fourth-order valence-corrected chi connectivity index (χ4v) is 3.20. The summed E-state index contributed by atoms with van der Waals surface area (Å²) in [5, 5.41) is 0. The molecule has 0 radical (unpaired) electrons. The maximum absolute atomic E-state index is 2.41. The van der Waals surface area contributed by atoms with Gasteiger partial charge in [-0.25, -0.2) is 0 Å². The van der Waals surface area contributed by atoms with Crippen molar-refractivity contribution in [2.24, 2.45) is 17.3 Å². The minimum Gasteiger partial charge on any atom is -0.0776 e. The van der Waals surface area contributed by atoms with E-state index in [1.807, 2.05) is 0 Å². The Balaban J connectivity index is 0. The summed E-state index contributed by atoms with van der Waals surface area (Å²) in [5.41, 5.74) is 0.853. The van der Waals surface area contributed by atoms with E-state index in [9.17, 15) is 0 Å². The summed E-state index contributed by atoms with van der Waals surface area (Å²) in [5.74, 6) is 2.07. The molecule has 2 saturated carbocycles. The molecule has 0 saturated heterocycles. The van der Waals surface area contributed by atoms with Crippen molar-refractivity contribution in [3.8, 4) is 0 Å². The first-order valence-electron chi connectivity index (χ1n) is 5.20. The van der Waals surface area contributed by atoms with Gasteiger partial charge in [-0.3, -0.25) is 0 Å². The van der Waals surface area contributed by atoms with E-state index in [4.69, 9.17) is 0 Å². The molecule has 1 spiro atoms. The predicted octanol–water partition coefficient (Wildman–Crippen LogP) is 5.52. The highest BCUT2D eigenvalue weighted by Gasteiger charge is 2.43. The maximum atomic E-state index is 2.41. The van der Waals surface area contributed by atoms with Crippen LogP contribution >= 0.6 is 0 Å². The Morgan fingerprint density at radius 1 is 0.786 bits per heavy atom. The fraction of sp³-hybridized carbons (Fsp3) is 1.00. The SMILES string of the molecule is C.C.C.CC1CCC2(CC1)CC(C)C2. The molecule has 0 amide bonds. The van der Waals surface area contributed by atoms with Gasteiger partial charge < -0.3 is 0 Å². The minimum absolute atomic E-state index is 0. The quantitative estimate of drug-likeness (QED) is 0.483. The molecule has 88 valence electrons. The molecule has 0 aromatic heterocycles. The smallest absolute Gasteiger partial charge is 0.0292 e. The van der Waals surface area contributed by atoms with Crippen LogP contribution in [0.25, 0.3) is 0 Å². The lowest BCUT2D eigenvalue weighted by Crippen LogP contribution is -2.38. The van der Waals surface area contributed by atoms with Crippen LogP contribution in [0.1, 0.15) is 74.7 Å². The van der Waals surface area contributed by atoms with Gasteiger partial charge in [-0.2, -0.15) is 0 Å². The fourth-order valence-electron chi connectivity index (χ4n) is 3.20. The molecule has 0 heteroatoms. The molecule has 2 rings (SSSR count). The number of rotatable bonds is 0. The lowest BCUT2D eigenvalue weighted by Gasteiger charge is -2.50. The van der Waals surface area contributed by atoms with E-state index in [0.717, 1.165) is 17.3 Å². The van der Waals surface area contributed by atoms with Crippen LogP contribution in [-0.4, -0.2) is 0 Å². The monoisotopic (exact) mass is 200 g/mol. The van der Waals surface area contributed by atoms with E-state index in [1.165, 1.54) is 12.8 Å². The van der Waals surface area contributed by atoms with Crippen LogP contribution in [0.4, 0.5) is 0 Å². The van der Waals surface area contributed by atoms with E-state index in [2.05, 4.69) is 13.8 Å². The van der Waals surface area contributed by atoms with E-state index in [0.29, 0.717) is 0 Å². The van der Waals surface area contributed by atoms with Crippen molar-refractivity contribution in [3.63, 3.8) is 0 Å². The van der Waals surface area contributed by atoms with Crippen LogP contribution in [0, 0.1) is 17.3 Å². The first-order valence-corrected chi connectivity index (χ1v) is 5.20. The highest BCUT2D eigenvalue weighted by atomic mass is 14.5. The Kier molecular flexibility index (Phi) is 6.78. The van der Waals surface area contributed by atoms with Gasteiger partial charge in [0.25, 0.3) is 0 Å². The average molecular weight is 200 g/mol. The van der Waals surface area contributed by atoms with E-state index in [1.54, 1.807) is 25.7 Å². The maximum Gasteiger partial charge on any atom is -0.0292 e. The average Bonchev–Trinajstić information content (AvgIpc) is 1.92. The van der Waals surface area contributed by atoms with Crippen molar-refractivity contribution in [3.05, 3.63) is 0 Å². The molecule has 0 nitrogen and oxygen atoms in total. The highest BCUT2D eigenvalue weighted by molar-refractivity contribution is 4.94. The summed E-state index contributed by atoms with van der Waals surface area (Å²) in [4.78, 5) is 0. The summed E-state index contributed by atoms with van der Waals surface area (Å²) in [7, 11) is 0. The van der Waals surface area contributed by atoms with Gasteiger partial charge in [-0.05, 0) is 42.9 Å². The van der Waals surface area contributed by atoms with Crippen LogP contribution < -0.4 is 0 Å². The molecular weight excluding hydrogens is 168 g/mol. The third-order valence-electron chi connectivity index (χ3n) is 3.90. The molecule has 2 fully saturated rings. The second-order valence-electron chi connectivity index (χ2n) is 5.20. The lowest BCUT2D eigenvalue weighted by atomic mass is 9.55. The van der Waals surface area contributed by atoms with Crippen molar-refractivity contribution in [1.82, 2.24) is 0 Å². The molecule has 0 bridgehead atoms. The predicted molar refractivity (Wildman–Crippen MR) is 68.7 cm³/mol. The van der Waals surface area contributed by atoms with Crippen LogP contribution in [0.15, 0.2) is 0 Å². The van der Waals surface area contributed by atoms with E-state index < -0.39 is 0 Å². The summed E-state index contributed by atoms with van der Waals surface area (Å²) in [6.45, 7) is 4.82. The molecule has 0 aromatic rings. The number of hydrogen-bond donors (Lipinski definition) is 0. The van der Waals surface area contributed by atoms with Crippen LogP contribution in [0.3, 0.4) is 0 Å². The molecule has 0 atom stereocenters. The van der Waals surface area contributed by atoms with Crippen molar-refractivity contribution >= 4 is 0 Å². The summed E-state index contributed by atoms with van der Waals surface area (Å²) in [6, 6.07) is 0. The van der Waals surface area contributed by atoms with E-state index >= 15 is 0 Å². The molecule has 0 aromatic carbocycles. The first kappa shape index (κ1) is 16.4. The van der Waals surface area contributed by atoms with Gasteiger partial charge in [0.05, 0.1) is 0 Å². The molecular formula is C14H32. The second kappa shape index (κ2) is 5.78. The van der Waals surface area contributed by atoms with Gasteiger partial charge in [-0.1, -0.05) is 49.0 Å². The van der Waals surface area contributed by atoms with Gasteiger partial charge >= 0.3 is 0 Å². The summed E-state index contributed by atoms with van der Waals surface area (Å²) < 4.78 is 0. The second-order valence-corrected chi connectivity index (χ2v) is 5.20. The van der Waals surface area contributed by atoms with Gasteiger partial charge in [0, 0.05) is 0 Å². The molecule has 0 heterocycles. The Labute approximate surface area is 92.5 Å². The van der Waals surface area contributed by atoms with Crippen molar-refractivity contribution in [2.75, 3.05) is 0 Å². The Bertz CT molecular complexity index is 132. The van der Waals surface area contributed by atoms with Gasteiger partial charge in [0.2, 0.25) is 0 Å². The Morgan fingerprint density at radius 2 is 1.21 bits per heavy atom. The van der Waals surface area contributed by atoms with Gasteiger partial charge in [0.1, 0.15) is 0 Å².